The Morgan fingerprint density at radius 3 is 2.81 bits per heavy atom. The summed E-state index contributed by atoms with van der Waals surface area (Å²) in [5.41, 5.74) is 0.920. The van der Waals surface area contributed by atoms with Crippen LogP contribution in [0, 0.1) is 17.6 Å². The molecule has 5 heteroatoms. The lowest BCUT2D eigenvalue weighted by Gasteiger charge is -2.24. The molecule has 0 unspecified atom stereocenters. The summed E-state index contributed by atoms with van der Waals surface area (Å²) in [6.45, 7) is 0.242. The zero-order valence-electron chi connectivity index (χ0n) is 11.1. The second-order valence-electron chi connectivity index (χ2n) is 4.93. The van der Waals surface area contributed by atoms with E-state index >= 15 is 0 Å². The Bertz CT molecular complexity index is 688. The van der Waals surface area contributed by atoms with Gasteiger partial charge in [0.25, 0.3) is 0 Å². The summed E-state index contributed by atoms with van der Waals surface area (Å²) in [6.07, 6.45) is 0.533. The average molecular weight is 289 g/mol. The molecule has 0 spiro atoms. The van der Waals surface area contributed by atoms with Crippen LogP contribution in [0.5, 0.6) is 5.75 Å². The van der Waals surface area contributed by atoms with Crippen LogP contribution in [0.1, 0.15) is 5.56 Å². The third-order valence-electron chi connectivity index (χ3n) is 3.44. The number of rotatable bonds is 2. The zero-order valence-corrected chi connectivity index (χ0v) is 11.1. The number of hydrogen-bond acceptors (Lipinski definition) is 2. The molecule has 3 rings (SSSR count). The number of para-hydroxylation sites is 1. The number of benzene rings is 2. The Morgan fingerprint density at radius 1 is 1.19 bits per heavy atom. The minimum absolute atomic E-state index is 0.0275. The Kier molecular flexibility index (Phi) is 3.56. The number of carbonyl (C=O) groups is 1. The average Bonchev–Trinajstić information content (AvgIpc) is 2.49. The molecule has 2 aromatic carbocycles. The van der Waals surface area contributed by atoms with Gasteiger partial charge in [-0.2, -0.15) is 0 Å². The molecule has 0 radical (unpaired) electrons. The van der Waals surface area contributed by atoms with Crippen LogP contribution in [0.15, 0.2) is 42.5 Å². The molecule has 1 atom stereocenters. The van der Waals surface area contributed by atoms with Gasteiger partial charge in [0.1, 0.15) is 24.0 Å². The summed E-state index contributed by atoms with van der Waals surface area (Å²) in [7, 11) is 0. The van der Waals surface area contributed by atoms with Crippen molar-refractivity contribution >= 4 is 11.6 Å². The first kappa shape index (κ1) is 13.5. The summed E-state index contributed by atoms with van der Waals surface area (Å²) in [5, 5.41) is 2.48. The molecule has 1 amide bonds. The van der Waals surface area contributed by atoms with Gasteiger partial charge in [0, 0.05) is 6.07 Å². The summed E-state index contributed by atoms with van der Waals surface area (Å²) < 4.78 is 31.9. The standard InChI is InChI=1S/C16H13F2NO2/c17-12-5-6-14(13(18)8-12)19-16(20)11-7-10-3-1-2-4-15(10)21-9-11/h1-6,8,11H,7,9H2,(H,19,20)/t11-/m1/s1. The van der Waals surface area contributed by atoms with Crippen molar-refractivity contribution < 1.29 is 18.3 Å². The first-order chi connectivity index (χ1) is 10.1. The number of carbonyl (C=O) groups excluding carboxylic acids is 1. The fraction of sp³-hybridized carbons (Fsp3) is 0.188. The fourth-order valence-corrected chi connectivity index (χ4v) is 2.32. The van der Waals surface area contributed by atoms with Crippen molar-refractivity contribution in [3.63, 3.8) is 0 Å². The number of nitrogens with one attached hydrogen (secondary N) is 1. The molecule has 0 aromatic heterocycles. The summed E-state index contributed by atoms with van der Waals surface area (Å²) >= 11 is 0. The molecule has 21 heavy (non-hydrogen) atoms. The van der Waals surface area contributed by atoms with Crippen LogP contribution in [-0.2, 0) is 11.2 Å². The molecule has 108 valence electrons. The van der Waals surface area contributed by atoms with Gasteiger partial charge in [-0.15, -0.1) is 0 Å². The van der Waals surface area contributed by atoms with Crippen molar-refractivity contribution in [2.24, 2.45) is 5.92 Å². The Hall–Kier alpha value is -2.43. The molecule has 2 aromatic rings. The van der Waals surface area contributed by atoms with Crippen LogP contribution in [-0.4, -0.2) is 12.5 Å². The quantitative estimate of drug-likeness (QED) is 0.922. The topological polar surface area (TPSA) is 38.3 Å². The van der Waals surface area contributed by atoms with E-state index < -0.39 is 17.6 Å². The molecule has 3 nitrogen and oxygen atoms in total. The van der Waals surface area contributed by atoms with E-state index in [4.69, 9.17) is 4.74 Å². The third-order valence-corrected chi connectivity index (χ3v) is 3.44. The van der Waals surface area contributed by atoms with Crippen molar-refractivity contribution in [3.8, 4) is 5.75 Å². The van der Waals surface area contributed by atoms with E-state index in [0.29, 0.717) is 6.42 Å². The molecule has 0 fully saturated rings. The molecule has 1 heterocycles. The highest BCUT2D eigenvalue weighted by Gasteiger charge is 2.26. The number of fused-ring (bicyclic) bond motifs is 1. The van der Waals surface area contributed by atoms with Gasteiger partial charge in [-0.3, -0.25) is 4.79 Å². The van der Waals surface area contributed by atoms with E-state index in [1.807, 2.05) is 24.3 Å². The number of ether oxygens (including phenoxy) is 1. The highest BCUT2D eigenvalue weighted by molar-refractivity contribution is 5.93. The predicted molar refractivity (Wildman–Crippen MR) is 74.1 cm³/mol. The minimum Gasteiger partial charge on any atom is -0.492 e. The first-order valence-corrected chi connectivity index (χ1v) is 6.60. The van der Waals surface area contributed by atoms with Crippen LogP contribution in [0.3, 0.4) is 0 Å². The Balaban J connectivity index is 1.72. The van der Waals surface area contributed by atoms with Gasteiger partial charge in [-0.05, 0) is 30.2 Å². The van der Waals surface area contributed by atoms with E-state index in [1.165, 1.54) is 6.07 Å². The van der Waals surface area contributed by atoms with E-state index in [0.717, 1.165) is 23.4 Å². The van der Waals surface area contributed by atoms with Gasteiger partial charge in [0.15, 0.2) is 0 Å². The third kappa shape index (κ3) is 2.86. The van der Waals surface area contributed by atoms with Crippen LogP contribution >= 0.6 is 0 Å². The second kappa shape index (κ2) is 5.52. The maximum Gasteiger partial charge on any atom is 0.231 e. The van der Waals surface area contributed by atoms with E-state index in [1.54, 1.807) is 0 Å². The van der Waals surface area contributed by atoms with Gasteiger partial charge in [0.05, 0.1) is 11.6 Å². The van der Waals surface area contributed by atoms with Gasteiger partial charge in [-0.1, -0.05) is 18.2 Å². The van der Waals surface area contributed by atoms with E-state index in [9.17, 15) is 13.6 Å². The van der Waals surface area contributed by atoms with Gasteiger partial charge in [-0.25, -0.2) is 8.78 Å². The van der Waals surface area contributed by atoms with E-state index in [-0.39, 0.29) is 18.2 Å². The first-order valence-electron chi connectivity index (χ1n) is 6.60. The molecule has 0 saturated carbocycles. The molecule has 0 saturated heterocycles. The monoisotopic (exact) mass is 289 g/mol. The largest absolute Gasteiger partial charge is 0.492 e. The predicted octanol–water partition coefficient (Wildman–Crippen LogP) is 3.15. The SMILES string of the molecule is O=C(Nc1ccc(F)cc1F)[C@H]1COc2ccccc2C1. The second-order valence-corrected chi connectivity index (χ2v) is 4.93. The van der Waals surface area contributed by atoms with Crippen molar-refractivity contribution in [2.45, 2.75) is 6.42 Å². The molecule has 0 bridgehead atoms. The van der Waals surface area contributed by atoms with Crippen molar-refractivity contribution in [1.29, 1.82) is 0 Å². The van der Waals surface area contributed by atoms with E-state index in [2.05, 4.69) is 5.32 Å². The molecule has 0 aliphatic carbocycles. The highest BCUT2D eigenvalue weighted by Crippen LogP contribution is 2.27. The smallest absolute Gasteiger partial charge is 0.231 e. The lowest BCUT2D eigenvalue weighted by atomic mass is 9.96. The highest BCUT2D eigenvalue weighted by atomic mass is 19.1. The molecular formula is C16H13F2NO2. The summed E-state index contributed by atoms with van der Waals surface area (Å²) in [5.74, 6) is -1.44. The van der Waals surface area contributed by atoms with Crippen molar-refractivity contribution in [3.05, 3.63) is 59.7 Å². The Labute approximate surface area is 120 Å². The van der Waals surface area contributed by atoms with Crippen molar-refractivity contribution in [2.75, 3.05) is 11.9 Å². The lowest BCUT2D eigenvalue weighted by molar-refractivity contribution is -0.121. The zero-order chi connectivity index (χ0) is 14.8. The number of halogens is 2. The summed E-state index contributed by atoms with van der Waals surface area (Å²) in [4.78, 5) is 12.2. The number of hydrogen-bond donors (Lipinski definition) is 1. The van der Waals surface area contributed by atoms with Gasteiger partial charge in [0.2, 0.25) is 5.91 Å². The van der Waals surface area contributed by atoms with Crippen LogP contribution in [0.2, 0.25) is 0 Å². The fourth-order valence-electron chi connectivity index (χ4n) is 2.32. The Morgan fingerprint density at radius 2 is 2.00 bits per heavy atom. The maximum atomic E-state index is 13.5. The normalized spacial score (nSPS) is 16.8. The minimum atomic E-state index is -0.791. The molecule has 1 N–H and O–H groups in total. The van der Waals surface area contributed by atoms with Crippen LogP contribution in [0.25, 0.3) is 0 Å². The molecule has 1 aliphatic rings. The van der Waals surface area contributed by atoms with Gasteiger partial charge < -0.3 is 10.1 Å². The van der Waals surface area contributed by atoms with Crippen molar-refractivity contribution in [1.82, 2.24) is 0 Å². The van der Waals surface area contributed by atoms with Crippen LogP contribution < -0.4 is 10.1 Å². The molecule has 1 aliphatic heterocycles. The maximum absolute atomic E-state index is 13.5. The summed E-state index contributed by atoms with van der Waals surface area (Å²) in [6, 6.07) is 10.5. The lowest BCUT2D eigenvalue weighted by Crippen LogP contribution is -2.32. The van der Waals surface area contributed by atoms with Gasteiger partial charge >= 0.3 is 0 Å². The number of amides is 1. The molecular weight excluding hydrogens is 276 g/mol. The van der Waals surface area contributed by atoms with Crippen LogP contribution in [0.4, 0.5) is 14.5 Å². The number of anilines is 1.